The van der Waals surface area contributed by atoms with Crippen LogP contribution < -0.4 is 10.6 Å². The van der Waals surface area contributed by atoms with E-state index >= 15 is 0 Å². The third-order valence-electron chi connectivity index (χ3n) is 5.00. The zero-order valence-electron chi connectivity index (χ0n) is 16.2. The van der Waals surface area contributed by atoms with Crippen LogP contribution in [0.4, 0.5) is 5.69 Å². The fourth-order valence-corrected chi connectivity index (χ4v) is 3.42. The molecule has 0 fully saturated rings. The summed E-state index contributed by atoms with van der Waals surface area (Å²) in [7, 11) is 1.94. The van der Waals surface area contributed by atoms with Crippen molar-refractivity contribution < 1.29 is 0 Å². The van der Waals surface area contributed by atoms with Crippen LogP contribution >= 0.6 is 0 Å². The Morgan fingerprint density at radius 2 is 1.79 bits per heavy atom. The molecule has 0 saturated carbocycles. The van der Waals surface area contributed by atoms with Crippen LogP contribution in [0.3, 0.4) is 0 Å². The van der Waals surface area contributed by atoms with Gasteiger partial charge in [-0.3, -0.25) is 0 Å². The van der Waals surface area contributed by atoms with E-state index in [1.165, 1.54) is 11.1 Å². The highest BCUT2D eigenvalue weighted by Crippen LogP contribution is 2.26. The number of anilines is 1. The largest absolute Gasteiger partial charge is 0.388 e. The van der Waals surface area contributed by atoms with Gasteiger partial charge >= 0.3 is 0 Å². The standard InChI is InChI=1S/C24H24N4/c1-17-11-13-20(14-12-17)28-24-10-6-8-21(22(24)16-27-28)18(2)26-15-19-7-4-5-9-23(19)25-3/h4-14,16,25-26H,2,15H2,1,3H3. The number of fused-ring (bicyclic) bond motifs is 1. The van der Waals surface area contributed by atoms with Gasteiger partial charge in [-0.15, -0.1) is 0 Å². The first-order chi connectivity index (χ1) is 13.7. The number of nitrogens with zero attached hydrogens (tertiary/aromatic N) is 2. The molecule has 4 aromatic rings. The van der Waals surface area contributed by atoms with Crippen LogP contribution in [0.15, 0.2) is 79.5 Å². The topological polar surface area (TPSA) is 41.9 Å². The molecule has 1 heterocycles. The number of aromatic nitrogens is 2. The molecule has 140 valence electrons. The maximum Gasteiger partial charge on any atom is 0.0747 e. The van der Waals surface area contributed by atoms with Crippen molar-refractivity contribution in [2.24, 2.45) is 0 Å². The molecule has 3 aromatic carbocycles. The van der Waals surface area contributed by atoms with Gasteiger partial charge in [0.2, 0.25) is 0 Å². The maximum atomic E-state index is 4.62. The number of benzene rings is 3. The van der Waals surface area contributed by atoms with Gasteiger partial charge in [0, 0.05) is 35.9 Å². The van der Waals surface area contributed by atoms with E-state index in [1.807, 2.05) is 30.1 Å². The minimum Gasteiger partial charge on any atom is -0.388 e. The van der Waals surface area contributed by atoms with Gasteiger partial charge in [-0.2, -0.15) is 5.10 Å². The first-order valence-corrected chi connectivity index (χ1v) is 9.40. The highest BCUT2D eigenvalue weighted by Gasteiger charge is 2.11. The first kappa shape index (κ1) is 17.9. The van der Waals surface area contributed by atoms with Crippen molar-refractivity contribution in [3.63, 3.8) is 0 Å². The molecule has 0 spiro atoms. The molecule has 0 saturated heterocycles. The molecular formula is C24H24N4. The summed E-state index contributed by atoms with van der Waals surface area (Å²) in [5, 5.41) is 12.4. The molecule has 0 amide bonds. The van der Waals surface area contributed by atoms with E-state index in [9.17, 15) is 0 Å². The molecule has 0 unspecified atom stereocenters. The Balaban J connectivity index is 1.62. The van der Waals surface area contributed by atoms with E-state index < -0.39 is 0 Å². The zero-order valence-corrected chi connectivity index (χ0v) is 16.2. The molecule has 0 aliphatic heterocycles. The quantitative estimate of drug-likeness (QED) is 0.495. The molecule has 2 N–H and O–H groups in total. The van der Waals surface area contributed by atoms with Gasteiger partial charge in [-0.25, -0.2) is 4.68 Å². The van der Waals surface area contributed by atoms with E-state index in [-0.39, 0.29) is 0 Å². The second-order valence-electron chi connectivity index (χ2n) is 6.87. The van der Waals surface area contributed by atoms with Gasteiger partial charge in [0.15, 0.2) is 0 Å². The summed E-state index contributed by atoms with van der Waals surface area (Å²) >= 11 is 0. The second kappa shape index (κ2) is 7.61. The molecule has 0 aliphatic carbocycles. The minimum absolute atomic E-state index is 0.707. The van der Waals surface area contributed by atoms with Crippen LogP contribution in [-0.2, 0) is 6.54 Å². The average Bonchev–Trinajstić information content (AvgIpc) is 3.17. The molecule has 0 atom stereocenters. The van der Waals surface area contributed by atoms with Crippen molar-refractivity contribution in [1.29, 1.82) is 0 Å². The Kier molecular flexibility index (Phi) is 4.85. The van der Waals surface area contributed by atoms with Crippen molar-refractivity contribution in [3.8, 4) is 5.69 Å². The molecule has 0 aliphatic rings. The lowest BCUT2D eigenvalue weighted by molar-refractivity contribution is 0.894. The lowest BCUT2D eigenvalue weighted by Crippen LogP contribution is -2.12. The third-order valence-corrected chi connectivity index (χ3v) is 5.00. The smallest absolute Gasteiger partial charge is 0.0747 e. The highest BCUT2D eigenvalue weighted by atomic mass is 15.3. The van der Waals surface area contributed by atoms with Crippen LogP contribution in [0.2, 0.25) is 0 Å². The molecule has 1 aromatic heterocycles. The van der Waals surface area contributed by atoms with Crippen LogP contribution in [0.1, 0.15) is 16.7 Å². The first-order valence-electron chi connectivity index (χ1n) is 9.40. The Bertz CT molecular complexity index is 1120. The van der Waals surface area contributed by atoms with Gasteiger partial charge in [-0.05, 0) is 36.8 Å². The fourth-order valence-electron chi connectivity index (χ4n) is 3.42. The molecule has 0 bridgehead atoms. The van der Waals surface area contributed by atoms with E-state index in [4.69, 9.17) is 0 Å². The van der Waals surface area contributed by atoms with E-state index in [1.54, 1.807) is 0 Å². The van der Waals surface area contributed by atoms with E-state index in [0.29, 0.717) is 6.54 Å². The summed E-state index contributed by atoms with van der Waals surface area (Å²) in [6, 6.07) is 22.9. The van der Waals surface area contributed by atoms with Crippen LogP contribution in [-0.4, -0.2) is 16.8 Å². The average molecular weight is 368 g/mol. The van der Waals surface area contributed by atoms with Crippen LogP contribution in [0.25, 0.3) is 22.3 Å². The van der Waals surface area contributed by atoms with Crippen LogP contribution in [0, 0.1) is 6.92 Å². The number of hydrogen-bond acceptors (Lipinski definition) is 3. The Labute approximate surface area is 165 Å². The Morgan fingerprint density at radius 3 is 2.57 bits per heavy atom. The van der Waals surface area contributed by atoms with Crippen molar-refractivity contribution in [2.75, 3.05) is 12.4 Å². The number of rotatable bonds is 6. The lowest BCUT2D eigenvalue weighted by atomic mass is 10.1. The fraction of sp³-hybridized carbons (Fsp3) is 0.125. The van der Waals surface area contributed by atoms with E-state index in [0.717, 1.165) is 33.5 Å². The lowest BCUT2D eigenvalue weighted by Gasteiger charge is -2.14. The Hall–Kier alpha value is -3.53. The summed E-state index contributed by atoms with van der Waals surface area (Å²) in [4.78, 5) is 0. The Morgan fingerprint density at radius 1 is 1.00 bits per heavy atom. The second-order valence-corrected chi connectivity index (χ2v) is 6.87. The monoisotopic (exact) mass is 368 g/mol. The van der Waals surface area contributed by atoms with Crippen molar-refractivity contribution in [3.05, 3.63) is 96.2 Å². The summed E-state index contributed by atoms with van der Waals surface area (Å²) in [5.74, 6) is 0. The molecule has 28 heavy (non-hydrogen) atoms. The minimum atomic E-state index is 0.707. The molecular weight excluding hydrogens is 344 g/mol. The summed E-state index contributed by atoms with van der Waals surface area (Å²) in [5.41, 5.74) is 7.64. The number of aryl methyl sites for hydroxylation is 1. The molecule has 4 rings (SSSR count). The molecule has 4 nitrogen and oxygen atoms in total. The van der Waals surface area contributed by atoms with Gasteiger partial charge in [-0.1, -0.05) is 54.6 Å². The summed E-state index contributed by atoms with van der Waals surface area (Å²) < 4.78 is 1.97. The van der Waals surface area contributed by atoms with Gasteiger partial charge in [0.25, 0.3) is 0 Å². The van der Waals surface area contributed by atoms with Crippen molar-refractivity contribution >= 4 is 22.3 Å². The summed E-state index contributed by atoms with van der Waals surface area (Å²) in [6.07, 6.45) is 1.92. The van der Waals surface area contributed by atoms with Gasteiger partial charge in [0.1, 0.15) is 0 Å². The predicted octanol–water partition coefficient (Wildman–Crippen LogP) is 5.14. The maximum absolute atomic E-state index is 4.62. The van der Waals surface area contributed by atoms with Gasteiger partial charge in [0.05, 0.1) is 17.4 Å². The number of para-hydroxylation sites is 1. The molecule has 4 heteroatoms. The predicted molar refractivity (Wildman–Crippen MR) is 118 cm³/mol. The molecule has 0 radical (unpaired) electrons. The SMILES string of the molecule is C=C(NCc1ccccc1NC)c1cccc2c1cnn2-c1ccc(C)cc1. The third kappa shape index (κ3) is 3.37. The van der Waals surface area contributed by atoms with Crippen LogP contribution in [0.5, 0.6) is 0 Å². The number of hydrogen-bond donors (Lipinski definition) is 2. The number of nitrogens with one attached hydrogen (secondary N) is 2. The normalized spacial score (nSPS) is 10.8. The van der Waals surface area contributed by atoms with Crippen molar-refractivity contribution in [1.82, 2.24) is 15.1 Å². The van der Waals surface area contributed by atoms with Crippen molar-refractivity contribution in [2.45, 2.75) is 13.5 Å². The van der Waals surface area contributed by atoms with E-state index in [2.05, 4.69) is 83.8 Å². The summed E-state index contributed by atoms with van der Waals surface area (Å²) in [6.45, 7) is 7.07. The van der Waals surface area contributed by atoms with Gasteiger partial charge < -0.3 is 10.6 Å². The zero-order chi connectivity index (χ0) is 19.5. The highest BCUT2D eigenvalue weighted by molar-refractivity contribution is 5.91.